The zero-order valence-corrected chi connectivity index (χ0v) is 13.4. The van der Waals surface area contributed by atoms with Crippen molar-refractivity contribution in [1.82, 2.24) is 4.72 Å². The van der Waals surface area contributed by atoms with Crippen LogP contribution >= 0.6 is 23.5 Å². The largest absolute Gasteiger partial charge is 0.240 e. The molecule has 1 heterocycles. The maximum Gasteiger partial charge on any atom is 0.240 e. The summed E-state index contributed by atoms with van der Waals surface area (Å²) < 4.78 is 27.0. The van der Waals surface area contributed by atoms with E-state index in [9.17, 15) is 8.42 Å². The zero-order valence-electron chi connectivity index (χ0n) is 10.9. The maximum atomic E-state index is 12.2. The summed E-state index contributed by atoms with van der Waals surface area (Å²) in [5.41, 5.74) is 0.825. The molecule has 20 heavy (non-hydrogen) atoms. The Kier molecular flexibility index (Phi) is 5.78. The first kappa shape index (κ1) is 15.7. The molecule has 1 unspecified atom stereocenters. The minimum Gasteiger partial charge on any atom is -0.210 e. The Bertz CT molecular complexity index is 573. The number of nitrogens with one attached hydrogen (secondary N) is 1. The topological polar surface area (TPSA) is 70.0 Å². The fraction of sp³-hybridized carbons (Fsp3) is 0.462. The highest BCUT2D eigenvalue weighted by molar-refractivity contribution is 8.06. The van der Waals surface area contributed by atoms with Crippen molar-refractivity contribution < 1.29 is 8.42 Å². The predicted molar refractivity (Wildman–Crippen MR) is 84.5 cm³/mol. The number of hydrogen-bond acceptors (Lipinski definition) is 5. The number of nitrogens with zero attached hydrogens (tertiary/aromatic N) is 1. The molecular formula is C13H16N2O2S3. The summed E-state index contributed by atoms with van der Waals surface area (Å²) in [6.45, 7) is 0.472. The van der Waals surface area contributed by atoms with Gasteiger partial charge in [-0.05, 0) is 17.7 Å². The fourth-order valence-electron chi connectivity index (χ4n) is 1.82. The van der Waals surface area contributed by atoms with Crippen LogP contribution in [0, 0.1) is 11.3 Å². The summed E-state index contributed by atoms with van der Waals surface area (Å²) in [7, 11) is -3.45. The molecule has 0 aromatic heterocycles. The van der Waals surface area contributed by atoms with Crippen molar-refractivity contribution in [2.45, 2.75) is 16.6 Å². The second kappa shape index (κ2) is 7.36. The number of sulfonamides is 1. The lowest BCUT2D eigenvalue weighted by Crippen LogP contribution is -2.33. The van der Waals surface area contributed by atoms with Crippen LogP contribution in [0.25, 0.3) is 0 Å². The second-order valence-electron chi connectivity index (χ2n) is 4.40. The summed E-state index contributed by atoms with van der Waals surface area (Å²) in [6, 6.07) is 8.51. The Hall–Kier alpha value is -0.680. The molecule has 1 aliphatic rings. The molecule has 0 radical (unpaired) electrons. The average Bonchev–Trinajstić information content (AvgIpc) is 2.47. The summed E-state index contributed by atoms with van der Waals surface area (Å²) >= 11 is 3.69. The van der Waals surface area contributed by atoms with E-state index in [1.165, 1.54) is 0 Å². The predicted octanol–water partition coefficient (Wildman–Crippen LogP) is 1.88. The smallest absolute Gasteiger partial charge is 0.210 e. The highest BCUT2D eigenvalue weighted by Gasteiger charge is 2.19. The standard InChI is InChI=1S/C13H16N2O2S3/c14-6-5-11-1-3-13(4-2-11)20(16,17)15-9-12-10-18-7-8-19-12/h1-4,12,15H,5,7-10H2. The third-order valence-corrected chi connectivity index (χ3v) is 7.19. The van der Waals surface area contributed by atoms with Crippen LogP contribution in [0.1, 0.15) is 5.56 Å². The third kappa shape index (κ3) is 4.42. The van der Waals surface area contributed by atoms with Gasteiger partial charge < -0.3 is 0 Å². The van der Waals surface area contributed by atoms with Gasteiger partial charge in [-0.1, -0.05) is 12.1 Å². The van der Waals surface area contributed by atoms with E-state index >= 15 is 0 Å². The Morgan fingerprint density at radius 3 is 2.65 bits per heavy atom. The van der Waals surface area contributed by atoms with Crippen LogP contribution in [0.3, 0.4) is 0 Å². The van der Waals surface area contributed by atoms with Crippen molar-refractivity contribution in [2.24, 2.45) is 0 Å². The van der Waals surface area contributed by atoms with Gasteiger partial charge in [0.25, 0.3) is 0 Å². The van der Waals surface area contributed by atoms with Gasteiger partial charge in [-0.15, -0.1) is 0 Å². The number of rotatable bonds is 5. The van der Waals surface area contributed by atoms with E-state index in [2.05, 4.69) is 4.72 Å². The Morgan fingerprint density at radius 1 is 1.30 bits per heavy atom. The van der Waals surface area contributed by atoms with Gasteiger partial charge in [-0.3, -0.25) is 0 Å². The first-order valence-corrected chi connectivity index (χ1v) is 9.95. The van der Waals surface area contributed by atoms with E-state index < -0.39 is 10.0 Å². The van der Waals surface area contributed by atoms with Gasteiger partial charge in [0.2, 0.25) is 10.0 Å². The molecule has 1 saturated heterocycles. The van der Waals surface area contributed by atoms with Crippen LogP contribution in [-0.4, -0.2) is 37.5 Å². The minimum atomic E-state index is -3.45. The summed E-state index contributed by atoms with van der Waals surface area (Å²) in [5.74, 6) is 3.22. The molecule has 108 valence electrons. The fourth-order valence-corrected chi connectivity index (χ4v) is 5.62. The minimum absolute atomic E-state index is 0.257. The van der Waals surface area contributed by atoms with Crippen LogP contribution in [0.5, 0.6) is 0 Å². The normalized spacial score (nSPS) is 19.4. The van der Waals surface area contributed by atoms with E-state index in [-0.39, 0.29) is 4.90 Å². The molecular weight excluding hydrogens is 312 g/mol. The van der Waals surface area contributed by atoms with Crippen molar-refractivity contribution in [3.05, 3.63) is 29.8 Å². The van der Waals surface area contributed by atoms with E-state index in [1.807, 2.05) is 29.6 Å². The van der Waals surface area contributed by atoms with Crippen LogP contribution < -0.4 is 4.72 Å². The molecule has 2 rings (SSSR count). The maximum absolute atomic E-state index is 12.2. The second-order valence-corrected chi connectivity index (χ2v) is 8.72. The van der Waals surface area contributed by atoms with Gasteiger partial charge in [0.05, 0.1) is 17.4 Å². The van der Waals surface area contributed by atoms with Crippen molar-refractivity contribution >= 4 is 33.5 Å². The monoisotopic (exact) mass is 328 g/mol. The van der Waals surface area contributed by atoms with Crippen molar-refractivity contribution in [3.8, 4) is 6.07 Å². The first-order chi connectivity index (χ1) is 9.62. The highest BCUT2D eigenvalue weighted by Crippen LogP contribution is 2.23. The van der Waals surface area contributed by atoms with E-state index in [0.717, 1.165) is 22.8 Å². The number of nitriles is 1. The number of hydrogen-bond donors (Lipinski definition) is 1. The highest BCUT2D eigenvalue weighted by atomic mass is 32.2. The quantitative estimate of drug-likeness (QED) is 0.894. The van der Waals surface area contributed by atoms with Gasteiger partial charge in [-0.2, -0.15) is 28.8 Å². The average molecular weight is 328 g/mol. The van der Waals surface area contributed by atoms with Crippen LogP contribution in [0.2, 0.25) is 0 Å². The summed E-state index contributed by atoms with van der Waals surface area (Å²) in [6.07, 6.45) is 0.295. The van der Waals surface area contributed by atoms with Gasteiger partial charge in [0, 0.05) is 29.1 Å². The van der Waals surface area contributed by atoms with Gasteiger partial charge in [0.1, 0.15) is 0 Å². The SMILES string of the molecule is N#CCc1ccc(S(=O)(=O)NCC2CSCCS2)cc1. The Labute approximate surface area is 128 Å². The van der Waals surface area contributed by atoms with E-state index in [0.29, 0.717) is 18.2 Å². The van der Waals surface area contributed by atoms with Crippen LogP contribution in [0.4, 0.5) is 0 Å². The molecule has 0 spiro atoms. The van der Waals surface area contributed by atoms with Gasteiger partial charge in [0.15, 0.2) is 0 Å². The molecule has 0 saturated carbocycles. The zero-order chi connectivity index (χ0) is 14.4. The first-order valence-electron chi connectivity index (χ1n) is 6.27. The Balaban J connectivity index is 1.96. The lowest BCUT2D eigenvalue weighted by molar-refractivity contribution is 0.581. The molecule has 1 aliphatic heterocycles. The van der Waals surface area contributed by atoms with Crippen molar-refractivity contribution in [1.29, 1.82) is 5.26 Å². The van der Waals surface area contributed by atoms with Crippen molar-refractivity contribution in [2.75, 3.05) is 23.8 Å². The summed E-state index contributed by atoms with van der Waals surface area (Å²) in [4.78, 5) is 0.257. The lowest BCUT2D eigenvalue weighted by atomic mass is 10.2. The molecule has 0 aliphatic carbocycles. The number of thioether (sulfide) groups is 2. The number of benzene rings is 1. The Morgan fingerprint density at radius 2 is 2.05 bits per heavy atom. The lowest BCUT2D eigenvalue weighted by Gasteiger charge is -2.21. The molecule has 1 aromatic carbocycles. The summed E-state index contributed by atoms with van der Waals surface area (Å²) in [5, 5.41) is 8.94. The molecule has 4 nitrogen and oxygen atoms in total. The van der Waals surface area contributed by atoms with Gasteiger partial charge in [-0.25, -0.2) is 13.1 Å². The molecule has 7 heteroatoms. The molecule has 0 bridgehead atoms. The van der Waals surface area contributed by atoms with Crippen LogP contribution in [0.15, 0.2) is 29.2 Å². The molecule has 1 fully saturated rings. The third-order valence-electron chi connectivity index (χ3n) is 2.90. The molecule has 1 atom stereocenters. The molecule has 1 N–H and O–H groups in total. The van der Waals surface area contributed by atoms with Crippen molar-refractivity contribution in [3.63, 3.8) is 0 Å². The molecule has 1 aromatic rings. The van der Waals surface area contributed by atoms with E-state index in [4.69, 9.17) is 5.26 Å². The van der Waals surface area contributed by atoms with E-state index in [1.54, 1.807) is 24.3 Å². The van der Waals surface area contributed by atoms with Gasteiger partial charge >= 0.3 is 0 Å². The molecule has 0 amide bonds. The van der Waals surface area contributed by atoms with Crippen LogP contribution in [-0.2, 0) is 16.4 Å².